The number of hydrogen-bond donors (Lipinski definition) is 2. The summed E-state index contributed by atoms with van der Waals surface area (Å²) in [6, 6.07) is 7.39. The highest BCUT2D eigenvalue weighted by Gasteiger charge is 2.23. The lowest BCUT2D eigenvalue weighted by molar-refractivity contribution is -0.122. The van der Waals surface area contributed by atoms with Crippen LogP contribution >= 0.6 is 11.8 Å². The Kier molecular flexibility index (Phi) is 9.08. The zero-order valence-electron chi connectivity index (χ0n) is 16.2. The van der Waals surface area contributed by atoms with Gasteiger partial charge >= 0.3 is 0 Å². The second kappa shape index (κ2) is 11.0. The molecule has 1 atom stereocenters. The molecule has 0 aliphatic carbocycles. The molecule has 1 saturated heterocycles. The number of benzene rings is 1. The molecule has 2 rings (SSSR count). The van der Waals surface area contributed by atoms with Crippen LogP contribution in [0.3, 0.4) is 0 Å². The quantitative estimate of drug-likeness (QED) is 0.580. The molecule has 2 N–H and O–H groups in total. The number of likely N-dealkylation sites (tertiary alicyclic amines) is 1. The van der Waals surface area contributed by atoms with E-state index in [2.05, 4.69) is 21.0 Å². The zero-order valence-corrected chi connectivity index (χ0v) is 17.9. The van der Waals surface area contributed by atoms with Crippen LogP contribution < -0.4 is 10.0 Å². The van der Waals surface area contributed by atoms with Crippen LogP contribution in [0.1, 0.15) is 37.3 Å². The summed E-state index contributed by atoms with van der Waals surface area (Å²) in [5.41, 5.74) is 2.30. The predicted molar refractivity (Wildman–Crippen MR) is 112 cm³/mol. The fourth-order valence-corrected chi connectivity index (χ4v) is 4.45. The van der Waals surface area contributed by atoms with E-state index in [0.717, 1.165) is 31.0 Å². The lowest BCUT2D eigenvalue weighted by Gasteiger charge is -2.20. The van der Waals surface area contributed by atoms with E-state index in [-0.39, 0.29) is 11.7 Å². The third-order valence-electron chi connectivity index (χ3n) is 4.79. The van der Waals surface area contributed by atoms with Gasteiger partial charge in [0.1, 0.15) is 6.04 Å². The lowest BCUT2D eigenvalue weighted by Crippen LogP contribution is -2.47. The number of carbonyl (C=O) groups is 1. The molecule has 152 valence electrons. The number of amides is 1. The average Bonchev–Trinajstić information content (AvgIpc) is 3.17. The van der Waals surface area contributed by atoms with E-state index in [4.69, 9.17) is 0 Å². The van der Waals surface area contributed by atoms with Gasteiger partial charge in [0.25, 0.3) is 0 Å². The van der Waals surface area contributed by atoms with Crippen molar-refractivity contribution in [3.63, 3.8) is 0 Å². The van der Waals surface area contributed by atoms with Crippen LogP contribution in [0.5, 0.6) is 0 Å². The molecule has 0 radical (unpaired) electrons. The smallest absolute Gasteiger partial charge is 0.238 e. The van der Waals surface area contributed by atoms with E-state index < -0.39 is 16.1 Å². The first-order chi connectivity index (χ1) is 12.9. The van der Waals surface area contributed by atoms with Crippen molar-refractivity contribution < 1.29 is 13.2 Å². The first-order valence-corrected chi connectivity index (χ1v) is 12.6. The highest BCUT2D eigenvalue weighted by Crippen LogP contribution is 2.16. The van der Waals surface area contributed by atoms with Gasteiger partial charge in [0.05, 0.1) is 5.75 Å². The van der Waals surface area contributed by atoms with Crippen LogP contribution in [0, 0.1) is 0 Å². The Morgan fingerprint density at radius 1 is 1.22 bits per heavy atom. The predicted octanol–water partition coefficient (Wildman–Crippen LogP) is 1.96. The van der Waals surface area contributed by atoms with Crippen molar-refractivity contribution in [1.29, 1.82) is 0 Å². The molecule has 0 aromatic heterocycles. The molecular formula is C19H31N3O3S2. The second-order valence-electron chi connectivity index (χ2n) is 6.83. The Bertz CT molecular complexity index is 704. The summed E-state index contributed by atoms with van der Waals surface area (Å²) in [7, 11) is -3.43. The van der Waals surface area contributed by atoms with Crippen LogP contribution in [-0.2, 0) is 27.9 Å². The topological polar surface area (TPSA) is 78.5 Å². The minimum atomic E-state index is -3.43. The fourth-order valence-electron chi connectivity index (χ4n) is 3.15. The maximum absolute atomic E-state index is 12.6. The van der Waals surface area contributed by atoms with Gasteiger partial charge in [0, 0.05) is 13.1 Å². The Morgan fingerprint density at radius 3 is 2.52 bits per heavy atom. The van der Waals surface area contributed by atoms with Crippen molar-refractivity contribution in [1.82, 2.24) is 14.9 Å². The summed E-state index contributed by atoms with van der Waals surface area (Å²) in [6.07, 6.45) is 4.90. The van der Waals surface area contributed by atoms with Crippen LogP contribution in [-0.4, -0.2) is 56.1 Å². The molecule has 1 amide bonds. The molecule has 8 heteroatoms. The molecule has 6 nitrogen and oxygen atoms in total. The number of nitrogens with one attached hydrogen (secondary N) is 2. The third-order valence-corrected chi connectivity index (χ3v) is 6.84. The number of thioether (sulfide) groups is 1. The van der Waals surface area contributed by atoms with Crippen LogP contribution in [0.15, 0.2) is 24.3 Å². The lowest BCUT2D eigenvalue weighted by atomic mass is 10.1. The molecule has 1 aliphatic rings. The van der Waals surface area contributed by atoms with Crippen molar-refractivity contribution in [3.8, 4) is 0 Å². The fraction of sp³-hybridized carbons (Fsp3) is 0.632. The van der Waals surface area contributed by atoms with Crippen molar-refractivity contribution in [2.45, 2.75) is 45.3 Å². The number of carbonyl (C=O) groups excluding carboxylic acids is 1. The van der Waals surface area contributed by atoms with Gasteiger partial charge in [0.15, 0.2) is 0 Å². The van der Waals surface area contributed by atoms with Gasteiger partial charge in [-0.2, -0.15) is 11.8 Å². The van der Waals surface area contributed by atoms with Gasteiger partial charge in [-0.15, -0.1) is 0 Å². The second-order valence-corrected chi connectivity index (χ2v) is 9.85. The maximum Gasteiger partial charge on any atom is 0.238 e. The van der Waals surface area contributed by atoms with Gasteiger partial charge < -0.3 is 5.32 Å². The number of rotatable bonds is 11. The van der Waals surface area contributed by atoms with Crippen LogP contribution in [0.4, 0.5) is 0 Å². The monoisotopic (exact) mass is 413 g/mol. The van der Waals surface area contributed by atoms with Gasteiger partial charge in [-0.1, -0.05) is 24.3 Å². The van der Waals surface area contributed by atoms with Gasteiger partial charge in [-0.05, 0) is 62.4 Å². The van der Waals surface area contributed by atoms with Crippen molar-refractivity contribution in [2.75, 3.05) is 30.9 Å². The first-order valence-electron chi connectivity index (χ1n) is 9.51. The number of sulfonamides is 1. The minimum Gasteiger partial charge on any atom is -0.351 e. The molecule has 1 fully saturated rings. The molecule has 0 saturated carbocycles. The Hall–Kier alpha value is -1.09. The Balaban J connectivity index is 1.99. The Morgan fingerprint density at radius 2 is 1.89 bits per heavy atom. The molecule has 0 spiro atoms. The highest BCUT2D eigenvalue weighted by atomic mass is 32.2. The molecule has 1 unspecified atom stereocenters. The molecule has 1 aliphatic heterocycles. The zero-order chi connectivity index (χ0) is 19.7. The maximum atomic E-state index is 12.6. The van der Waals surface area contributed by atoms with Crippen molar-refractivity contribution in [3.05, 3.63) is 35.4 Å². The summed E-state index contributed by atoms with van der Waals surface area (Å²) >= 11 is 1.60. The standard InChI is InChI=1S/C19H31N3O3S2/c1-3-27(24,25)21-18(10-13-26-2)19(23)20-14-16-8-4-5-9-17(16)15-22-11-6-7-12-22/h4-5,8-9,18,21H,3,6-7,10-15H2,1-2H3,(H,20,23). The van der Waals surface area contributed by atoms with E-state index in [1.165, 1.54) is 18.4 Å². The average molecular weight is 414 g/mol. The SMILES string of the molecule is CCS(=O)(=O)NC(CCSC)C(=O)NCc1ccccc1CN1CCCC1. The van der Waals surface area contributed by atoms with Gasteiger partial charge in [-0.3, -0.25) is 9.69 Å². The van der Waals surface area contributed by atoms with Crippen LogP contribution in [0.2, 0.25) is 0 Å². The Labute approximate surface area is 167 Å². The molecule has 1 heterocycles. The molecule has 27 heavy (non-hydrogen) atoms. The molecule has 1 aromatic rings. The van der Waals surface area contributed by atoms with Gasteiger partial charge in [0.2, 0.25) is 15.9 Å². The van der Waals surface area contributed by atoms with E-state index >= 15 is 0 Å². The highest BCUT2D eigenvalue weighted by molar-refractivity contribution is 7.98. The number of nitrogens with zero attached hydrogens (tertiary/aromatic N) is 1. The van der Waals surface area contributed by atoms with Crippen molar-refractivity contribution in [2.24, 2.45) is 0 Å². The summed E-state index contributed by atoms with van der Waals surface area (Å²) < 4.78 is 26.3. The third kappa shape index (κ3) is 7.44. The summed E-state index contributed by atoms with van der Waals surface area (Å²) in [4.78, 5) is 15.0. The van der Waals surface area contributed by atoms with E-state index in [1.807, 2.05) is 24.5 Å². The normalized spacial score (nSPS) is 16.4. The van der Waals surface area contributed by atoms with E-state index in [0.29, 0.717) is 13.0 Å². The van der Waals surface area contributed by atoms with Gasteiger partial charge in [-0.25, -0.2) is 13.1 Å². The largest absolute Gasteiger partial charge is 0.351 e. The number of hydrogen-bond acceptors (Lipinski definition) is 5. The van der Waals surface area contributed by atoms with E-state index in [9.17, 15) is 13.2 Å². The van der Waals surface area contributed by atoms with Crippen molar-refractivity contribution >= 4 is 27.7 Å². The molecule has 0 bridgehead atoms. The summed E-state index contributed by atoms with van der Waals surface area (Å²) in [5.74, 6) is 0.418. The summed E-state index contributed by atoms with van der Waals surface area (Å²) in [5, 5.41) is 2.93. The molecular weight excluding hydrogens is 382 g/mol. The minimum absolute atomic E-state index is 0.0330. The van der Waals surface area contributed by atoms with Crippen LogP contribution in [0.25, 0.3) is 0 Å². The first kappa shape index (κ1) is 22.2. The molecule has 1 aromatic carbocycles. The van der Waals surface area contributed by atoms with E-state index in [1.54, 1.807) is 18.7 Å². The summed E-state index contributed by atoms with van der Waals surface area (Å²) in [6.45, 7) is 5.11.